The number of rotatable bonds is 9. The second-order valence-corrected chi connectivity index (χ2v) is 6.83. The molecule has 0 spiro atoms. The monoisotopic (exact) mass is 410 g/mol. The van der Waals surface area contributed by atoms with Crippen LogP contribution in [0.3, 0.4) is 0 Å². The molecule has 0 aliphatic rings. The summed E-state index contributed by atoms with van der Waals surface area (Å²) in [5.74, 6) is 1.65. The minimum absolute atomic E-state index is 0.461. The molecule has 2 aromatic rings. The van der Waals surface area contributed by atoms with Gasteiger partial charge >= 0.3 is 6.18 Å². The predicted octanol–water partition coefficient (Wildman–Crippen LogP) is 3.74. The maximum absolute atomic E-state index is 12.7. The fourth-order valence-corrected chi connectivity index (χ4v) is 2.83. The Labute approximate surface area is 169 Å². The molecule has 1 N–H and O–H groups in total. The first-order chi connectivity index (χ1) is 13.8. The number of unbranched alkanes of at least 4 members (excludes halogenated alkanes) is 1. The van der Waals surface area contributed by atoms with Crippen LogP contribution in [0.4, 0.5) is 13.2 Å². The lowest BCUT2D eigenvalue weighted by molar-refractivity contribution is -0.137. The van der Waals surface area contributed by atoms with Gasteiger partial charge in [0.25, 0.3) is 0 Å². The van der Waals surface area contributed by atoms with Gasteiger partial charge in [-0.25, -0.2) is 0 Å². The molecule has 0 bridgehead atoms. The number of guanidine groups is 1. The molecule has 0 saturated heterocycles. The van der Waals surface area contributed by atoms with Crippen molar-refractivity contribution in [3.8, 4) is 0 Å². The maximum atomic E-state index is 12.7. The second kappa shape index (κ2) is 10.8. The van der Waals surface area contributed by atoms with E-state index in [0.717, 1.165) is 48.7 Å². The van der Waals surface area contributed by atoms with E-state index < -0.39 is 11.7 Å². The van der Waals surface area contributed by atoms with Gasteiger partial charge < -0.3 is 14.8 Å². The molecule has 0 amide bonds. The first kappa shape index (κ1) is 22.7. The molecule has 0 atom stereocenters. The van der Waals surface area contributed by atoms with E-state index in [1.165, 1.54) is 12.1 Å². The molecule has 160 valence electrons. The van der Waals surface area contributed by atoms with Gasteiger partial charge in [-0.2, -0.15) is 13.2 Å². The molecule has 1 heterocycles. The van der Waals surface area contributed by atoms with Crippen molar-refractivity contribution in [1.82, 2.24) is 25.0 Å². The Hall–Kier alpha value is -2.58. The van der Waals surface area contributed by atoms with Crippen molar-refractivity contribution < 1.29 is 13.2 Å². The first-order valence-electron chi connectivity index (χ1n) is 9.87. The molecular weight excluding hydrogens is 381 g/mol. The third-order valence-electron chi connectivity index (χ3n) is 4.48. The lowest BCUT2D eigenvalue weighted by atomic mass is 10.1. The highest BCUT2D eigenvalue weighted by atomic mass is 19.4. The zero-order valence-corrected chi connectivity index (χ0v) is 17.2. The predicted molar refractivity (Wildman–Crippen MR) is 108 cm³/mol. The van der Waals surface area contributed by atoms with Crippen LogP contribution < -0.4 is 5.32 Å². The zero-order chi connectivity index (χ0) is 21.3. The molecular formula is C20H29F3N6. The summed E-state index contributed by atoms with van der Waals surface area (Å²) in [6, 6.07) is 5.24. The third kappa shape index (κ3) is 7.07. The van der Waals surface area contributed by atoms with Crippen molar-refractivity contribution in [3.63, 3.8) is 0 Å². The Kier molecular flexibility index (Phi) is 8.48. The van der Waals surface area contributed by atoms with Crippen molar-refractivity contribution >= 4 is 5.96 Å². The highest BCUT2D eigenvalue weighted by molar-refractivity contribution is 5.79. The average molecular weight is 410 g/mol. The summed E-state index contributed by atoms with van der Waals surface area (Å²) in [7, 11) is 1.88. The SMILES string of the molecule is CCCCN=C(NCCn1cnnc1CC)N(C)Cc1ccc(C(F)(F)F)cc1. The number of hydrogen-bond donors (Lipinski definition) is 1. The van der Waals surface area contributed by atoms with E-state index in [4.69, 9.17) is 0 Å². The number of aromatic nitrogens is 3. The van der Waals surface area contributed by atoms with Gasteiger partial charge in [0.2, 0.25) is 0 Å². The number of halogens is 3. The van der Waals surface area contributed by atoms with Crippen LogP contribution >= 0.6 is 0 Å². The number of aliphatic imine (C=N–C) groups is 1. The lowest BCUT2D eigenvalue weighted by Gasteiger charge is -2.23. The van der Waals surface area contributed by atoms with Gasteiger partial charge in [0.15, 0.2) is 5.96 Å². The number of benzene rings is 1. The van der Waals surface area contributed by atoms with E-state index in [0.29, 0.717) is 26.2 Å². The van der Waals surface area contributed by atoms with Crippen molar-refractivity contribution in [2.45, 2.75) is 52.4 Å². The van der Waals surface area contributed by atoms with Crippen LogP contribution in [0.1, 0.15) is 43.6 Å². The van der Waals surface area contributed by atoms with E-state index in [1.807, 2.05) is 23.4 Å². The summed E-state index contributed by atoms with van der Waals surface area (Å²) < 4.78 is 40.2. The smallest absolute Gasteiger partial charge is 0.354 e. The van der Waals surface area contributed by atoms with Crippen LogP contribution in [-0.4, -0.2) is 45.8 Å². The molecule has 1 aromatic carbocycles. The minimum atomic E-state index is -4.32. The number of hydrogen-bond acceptors (Lipinski definition) is 3. The summed E-state index contributed by atoms with van der Waals surface area (Å²) in [6.07, 6.45) is 0.217. The van der Waals surface area contributed by atoms with Crippen molar-refractivity contribution in [2.24, 2.45) is 4.99 Å². The van der Waals surface area contributed by atoms with Gasteiger partial charge in [0.05, 0.1) is 5.56 Å². The molecule has 1 aromatic heterocycles. The van der Waals surface area contributed by atoms with E-state index >= 15 is 0 Å². The molecule has 0 saturated carbocycles. The fourth-order valence-electron chi connectivity index (χ4n) is 2.83. The van der Waals surface area contributed by atoms with Gasteiger partial charge in [-0.3, -0.25) is 4.99 Å². The van der Waals surface area contributed by atoms with E-state index in [2.05, 4.69) is 27.4 Å². The van der Waals surface area contributed by atoms with Gasteiger partial charge in [0, 0.05) is 39.6 Å². The topological polar surface area (TPSA) is 58.3 Å². The minimum Gasteiger partial charge on any atom is -0.354 e. The Morgan fingerprint density at radius 1 is 1.21 bits per heavy atom. The number of nitrogens with zero attached hydrogens (tertiary/aromatic N) is 5. The Morgan fingerprint density at radius 2 is 1.93 bits per heavy atom. The molecule has 29 heavy (non-hydrogen) atoms. The standard InChI is InChI=1S/C20H29F3N6/c1-4-6-11-24-19(25-12-13-29-15-26-27-18(29)5-2)28(3)14-16-7-9-17(10-8-16)20(21,22)23/h7-10,15H,4-6,11-14H2,1-3H3,(H,24,25). The molecule has 0 radical (unpaired) electrons. The molecule has 9 heteroatoms. The summed E-state index contributed by atoms with van der Waals surface area (Å²) in [6.45, 7) is 6.65. The zero-order valence-electron chi connectivity index (χ0n) is 17.2. The summed E-state index contributed by atoms with van der Waals surface area (Å²) in [5, 5.41) is 11.3. The first-order valence-corrected chi connectivity index (χ1v) is 9.87. The lowest BCUT2D eigenvalue weighted by Crippen LogP contribution is -2.40. The van der Waals surface area contributed by atoms with Gasteiger partial charge in [0.1, 0.15) is 12.2 Å². The molecule has 0 aliphatic carbocycles. The number of alkyl halides is 3. The Morgan fingerprint density at radius 3 is 2.55 bits per heavy atom. The molecule has 2 rings (SSSR count). The van der Waals surface area contributed by atoms with Crippen molar-refractivity contribution in [1.29, 1.82) is 0 Å². The maximum Gasteiger partial charge on any atom is 0.416 e. The Bertz CT molecular complexity index is 767. The number of nitrogens with one attached hydrogen (secondary N) is 1. The Balaban J connectivity index is 1.99. The van der Waals surface area contributed by atoms with Crippen molar-refractivity contribution in [2.75, 3.05) is 20.1 Å². The number of aryl methyl sites for hydroxylation is 1. The quantitative estimate of drug-likeness (QED) is 0.389. The molecule has 0 aliphatic heterocycles. The van der Waals surface area contributed by atoms with Crippen LogP contribution in [0.5, 0.6) is 0 Å². The average Bonchev–Trinajstić information content (AvgIpc) is 3.14. The summed E-state index contributed by atoms with van der Waals surface area (Å²) >= 11 is 0. The van der Waals surface area contributed by atoms with Crippen LogP contribution in [0, 0.1) is 0 Å². The summed E-state index contributed by atoms with van der Waals surface area (Å²) in [5.41, 5.74) is 0.150. The third-order valence-corrected chi connectivity index (χ3v) is 4.48. The van der Waals surface area contributed by atoms with E-state index in [1.54, 1.807) is 6.33 Å². The highest BCUT2D eigenvalue weighted by Crippen LogP contribution is 2.29. The van der Waals surface area contributed by atoms with Crippen LogP contribution in [0.2, 0.25) is 0 Å². The van der Waals surface area contributed by atoms with Crippen LogP contribution in [0.15, 0.2) is 35.6 Å². The van der Waals surface area contributed by atoms with Gasteiger partial charge in [-0.1, -0.05) is 32.4 Å². The molecule has 0 unspecified atom stereocenters. The normalized spacial score (nSPS) is 12.3. The largest absolute Gasteiger partial charge is 0.416 e. The van der Waals surface area contributed by atoms with Crippen LogP contribution in [-0.2, 0) is 25.7 Å². The highest BCUT2D eigenvalue weighted by Gasteiger charge is 2.29. The molecule has 6 nitrogen and oxygen atoms in total. The second-order valence-electron chi connectivity index (χ2n) is 6.83. The van der Waals surface area contributed by atoms with E-state index in [9.17, 15) is 13.2 Å². The van der Waals surface area contributed by atoms with Crippen molar-refractivity contribution in [3.05, 3.63) is 47.5 Å². The van der Waals surface area contributed by atoms with Crippen LogP contribution in [0.25, 0.3) is 0 Å². The fraction of sp³-hybridized carbons (Fsp3) is 0.550. The summed E-state index contributed by atoms with van der Waals surface area (Å²) in [4.78, 5) is 6.56. The van der Waals surface area contributed by atoms with Gasteiger partial charge in [-0.05, 0) is 24.1 Å². The van der Waals surface area contributed by atoms with Gasteiger partial charge in [-0.15, -0.1) is 10.2 Å². The van der Waals surface area contributed by atoms with E-state index in [-0.39, 0.29) is 0 Å². The molecule has 0 fully saturated rings.